The lowest BCUT2D eigenvalue weighted by Gasteiger charge is -2.21. The number of nitrogens with zero attached hydrogens (tertiary/aromatic N) is 3. The maximum atomic E-state index is 12.4. The zero-order chi connectivity index (χ0) is 15.5. The molecule has 1 aliphatic rings. The third-order valence-electron chi connectivity index (χ3n) is 3.73. The highest BCUT2D eigenvalue weighted by Gasteiger charge is 2.18. The van der Waals surface area contributed by atoms with Gasteiger partial charge in [-0.3, -0.25) is 19.3 Å². The van der Waals surface area contributed by atoms with Crippen molar-refractivity contribution >= 4 is 27.5 Å². The van der Waals surface area contributed by atoms with Crippen molar-refractivity contribution < 1.29 is 9.13 Å². The fraction of sp³-hybridized carbons (Fsp3) is 0.429. The van der Waals surface area contributed by atoms with E-state index in [0.717, 1.165) is 25.9 Å². The standard InChI is InChI=1S/C14H16N4O3S/c19-18(20)11-3-4-12-13(6-11)16-8-14(17-12)22(21)9-10-2-1-5-15-7-10/h3-4,6,8,10,15H,1-2,5,7,9H2/t10-,22+/m0/s1. The van der Waals surface area contributed by atoms with Gasteiger partial charge in [-0.1, -0.05) is 0 Å². The van der Waals surface area contributed by atoms with Crippen LogP contribution >= 0.6 is 0 Å². The molecule has 0 bridgehead atoms. The van der Waals surface area contributed by atoms with Gasteiger partial charge in [0.05, 0.1) is 33.0 Å². The molecule has 1 aliphatic heterocycles. The van der Waals surface area contributed by atoms with E-state index in [-0.39, 0.29) is 5.69 Å². The van der Waals surface area contributed by atoms with Gasteiger partial charge in [-0.05, 0) is 37.9 Å². The van der Waals surface area contributed by atoms with Crippen LogP contribution in [0.3, 0.4) is 0 Å². The number of piperidine rings is 1. The summed E-state index contributed by atoms with van der Waals surface area (Å²) in [5.74, 6) is 0.962. The van der Waals surface area contributed by atoms with Crippen LogP contribution in [-0.2, 0) is 10.8 Å². The third kappa shape index (κ3) is 3.28. The Labute approximate surface area is 129 Å². The number of nitrogens with one attached hydrogen (secondary N) is 1. The number of non-ortho nitro benzene ring substituents is 1. The summed E-state index contributed by atoms with van der Waals surface area (Å²) in [5.41, 5.74) is 0.941. The van der Waals surface area contributed by atoms with Crippen LogP contribution in [0.25, 0.3) is 11.0 Å². The number of nitro benzene ring substituents is 1. The number of rotatable bonds is 4. The number of benzene rings is 1. The van der Waals surface area contributed by atoms with Crippen molar-refractivity contribution in [2.75, 3.05) is 18.8 Å². The topological polar surface area (TPSA) is 98.0 Å². The second-order valence-corrected chi connectivity index (χ2v) is 6.81. The van der Waals surface area contributed by atoms with Crippen LogP contribution in [0.2, 0.25) is 0 Å². The minimum absolute atomic E-state index is 0.0241. The second kappa shape index (κ2) is 6.45. The van der Waals surface area contributed by atoms with Crippen molar-refractivity contribution in [3.8, 4) is 0 Å². The molecule has 1 fully saturated rings. The van der Waals surface area contributed by atoms with Gasteiger partial charge in [-0.25, -0.2) is 4.98 Å². The minimum Gasteiger partial charge on any atom is -0.316 e. The third-order valence-corrected chi connectivity index (χ3v) is 5.17. The van der Waals surface area contributed by atoms with Gasteiger partial charge < -0.3 is 5.32 Å². The van der Waals surface area contributed by atoms with Gasteiger partial charge in [0.2, 0.25) is 0 Å². The molecule has 2 heterocycles. The molecule has 116 valence electrons. The Morgan fingerprint density at radius 2 is 2.27 bits per heavy atom. The molecule has 22 heavy (non-hydrogen) atoms. The fourth-order valence-electron chi connectivity index (χ4n) is 2.57. The Kier molecular flexibility index (Phi) is 4.39. The van der Waals surface area contributed by atoms with Crippen molar-refractivity contribution in [2.24, 2.45) is 5.92 Å². The van der Waals surface area contributed by atoms with E-state index in [4.69, 9.17) is 0 Å². The summed E-state index contributed by atoms with van der Waals surface area (Å²) in [6.07, 6.45) is 3.64. The van der Waals surface area contributed by atoms with E-state index >= 15 is 0 Å². The molecule has 1 N–H and O–H groups in total. The van der Waals surface area contributed by atoms with Gasteiger partial charge in [0, 0.05) is 17.9 Å². The largest absolute Gasteiger partial charge is 0.316 e. The molecule has 0 amide bonds. The first kappa shape index (κ1) is 15.0. The molecule has 1 aromatic heterocycles. The molecule has 8 heteroatoms. The van der Waals surface area contributed by atoms with E-state index in [1.54, 1.807) is 6.07 Å². The van der Waals surface area contributed by atoms with Crippen LogP contribution in [0.15, 0.2) is 29.4 Å². The van der Waals surface area contributed by atoms with Crippen LogP contribution in [0.4, 0.5) is 5.69 Å². The summed E-state index contributed by atoms with van der Waals surface area (Å²) in [6.45, 7) is 1.91. The lowest BCUT2D eigenvalue weighted by molar-refractivity contribution is -0.384. The second-order valence-electron chi connectivity index (χ2n) is 5.36. The molecule has 2 aromatic rings. The average molecular weight is 320 g/mol. The van der Waals surface area contributed by atoms with Crippen molar-refractivity contribution in [2.45, 2.75) is 17.9 Å². The number of hydrogen-bond acceptors (Lipinski definition) is 6. The van der Waals surface area contributed by atoms with Crippen LogP contribution in [-0.4, -0.2) is 37.9 Å². The molecular formula is C14H16N4O3S. The number of hydrogen-bond donors (Lipinski definition) is 1. The molecule has 0 radical (unpaired) electrons. The SMILES string of the molecule is O=[N+]([O-])c1ccc2nc([S@](=O)C[C@H]3CCCNC3)cnc2c1. The first-order valence-electron chi connectivity index (χ1n) is 7.14. The average Bonchev–Trinajstić information content (AvgIpc) is 2.54. The van der Waals surface area contributed by atoms with Gasteiger partial charge in [0.25, 0.3) is 5.69 Å². The van der Waals surface area contributed by atoms with Gasteiger partial charge >= 0.3 is 0 Å². The lowest BCUT2D eigenvalue weighted by Crippen LogP contribution is -2.32. The normalized spacial score (nSPS) is 19.9. The number of nitro groups is 1. The van der Waals surface area contributed by atoms with Gasteiger partial charge in [-0.2, -0.15) is 0 Å². The summed E-state index contributed by atoms with van der Waals surface area (Å²) < 4.78 is 12.4. The zero-order valence-corrected chi connectivity index (χ0v) is 12.7. The molecule has 3 rings (SSSR count). The van der Waals surface area contributed by atoms with Crippen molar-refractivity contribution in [3.63, 3.8) is 0 Å². The molecule has 7 nitrogen and oxygen atoms in total. The van der Waals surface area contributed by atoms with Crippen LogP contribution in [0.1, 0.15) is 12.8 Å². The Hall–Kier alpha value is -1.93. The fourth-order valence-corrected chi connectivity index (χ4v) is 3.82. The quantitative estimate of drug-likeness (QED) is 0.679. The predicted octanol–water partition coefficient (Wildman–Crippen LogP) is 1.65. The van der Waals surface area contributed by atoms with Crippen LogP contribution in [0.5, 0.6) is 0 Å². The first-order chi connectivity index (χ1) is 10.6. The minimum atomic E-state index is -1.20. The summed E-state index contributed by atoms with van der Waals surface area (Å²) >= 11 is 0. The van der Waals surface area contributed by atoms with E-state index in [1.165, 1.54) is 18.3 Å². The Morgan fingerprint density at radius 3 is 3.00 bits per heavy atom. The Morgan fingerprint density at radius 1 is 1.41 bits per heavy atom. The highest BCUT2D eigenvalue weighted by molar-refractivity contribution is 7.84. The summed E-state index contributed by atoms with van der Waals surface area (Å²) in [6, 6.07) is 4.30. The molecule has 0 spiro atoms. The van der Waals surface area contributed by atoms with E-state index in [2.05, 4.69) is 15.3 Å². The lowest BCUT2D eigenvalue weighted by atomic mass is 10.0. The van der Waals surface area contributed by atoms with Gasteiger partial charge in [0.15, 0.2) is 0 Å². The van der Waals surface area contributed by atoms with Crippen molar-refractivity contribution in [1.29, 1.82) is 0 Å². The smallest absolute Gasteiger partial charge is 0.271 e. The van der Waals surface area contributed by atoms with E-state index in [1.807, 2.05) is 0 Å². The molecule has 2 atom stereocenters. The highest BCUT2D eigenvalue weighted by Crippen LogP contribution is 2.20. The predicted molar refractivity (Wildman–Crippen MR) is 83.1 cm³/mol. The van der Waals surface area contributed by atoms with Crippen molar-refractivity contribution in [3.05, 3.63) is 34.5 Å². The highest BCUT2D eigenvalue weighted by atomic mass is 32.2. The zero-order valence-electron chi connectivity index (χ0n) is 11.9. The summed E-state index contributed by atoms with van der Waals surface area (Å²) in [4.78, 5) is 18.8. The Balaban J connectivity index is 1.80. The molecule has 0 aliphatic carbocycles. The van der Waals surface area contributed by atoms with Gasteiger partial charge in [-0.15, -0.1) is 0 Å². The van der Waals surface area contributed by atoms with Crippen LogP contribution in [0, 0.1) is 16.0 Å². The maximum absolute atomic E-state index is 12.4. The molecule has 1 aromatic carbocycles. The Bertz CT molecular complexity index is 731. The molecule has 1 saturated heterocycles. The van der Waals surface area contributed by atoms with E-state index < -0.39 is 15.7 Å². The number of fused-ring (bicyclic) bond motifs is 1. The first-order valence-corrected chi connectivity index (χ1v) is 8.45. The summed E-state index contributed by atoms with van der Waals surface area (Å²) in [5, 5.41) is 14.5. The van der Waals surface area contributed by atoms with E-state index in [9.17, 15) is 14.3 Å². The van der Waals surface area contributed by atoms with Gasteiger partial charge in [0.1, 0.15) is 5.03 Å². The maximum Gasteiger partial charge on any atom is 0.271 e. The van der Waals surface area contributed by atoms with Crippen molar-refractivity contribution in [1.82, 2.24) is 15.3 Å². The van der Waals surface area contributed by atoms with E-state index in [0.29, 0.717) is 27.7 Å². The molecule has 0 saturated carbocycles. The molecule has 0 unspecified atom stereocenters. The summed E-state index contributed by atoms with van der Waals surface area (Å²) in [7, 11) is -1.20. The molecular weight excluding hydrogens is 304 g/mol. The number of aromatic nitrogens is 2. The monoisotopic (exact) mass is 320 g/mol. The van der Waals surface area contributed by atoms with Crippen LogP contribution < -0.4 is 5.32 Å².